The van der Waals surface area contributed by atoms with Crippen LogP contribution in [-0.2, 0) is 0 Å². The number of aliphatic hydroxyl groups is 3. The van der Waals surface area contributed by atoms with Gasteiger partial charge in [0.25, 0.3) is 0 Å². The van der Waals surface area contributed by atoms with Gasteiger partial charge in [0.15, 0.2) is 0 Å². The molecule has 0 aromatic heterocycles. The zero-order chi connectivity index (χ0) is 25.4. The van der Waals surface area contributed by atoms with E-state index >= 15 is 0 Å². The Bertz CT molecular complexity index is 903. The molecular formula is C30H49NO4. The average molecular weight is 488 g/mol. The number of nitrogens with zero attached hydrogens (tertiary/aromatic N) is 1. The van der Waals surface area contributed by atoms with Crippen LogP contribution in [0.25, 0.3) is 0 Å². The molecule has 10 atom stereocenters. The molecule has 5 rings (SSSR count). The SMILES string of the molecule is C=C(CO)[C@@H]1CC[C@]2(CO)CC[C@]3(C)[C@H](CC[C@@H]4[C@@]5(C)CC/C(=N/O)[C@](C)(CO)[C@@H]5CC[C@]43C)[C@@H]12. The van der Waals surface area contributed by atoms with Crippen LogP contribution in [0.2, 0.25) is 0 Å². The van der Waals surface area contributed by atoms with Gasteiger partial charge in [-0.15, -0.1) is 0 Å². The van der Waals surface area contributed by atoms with E-state index in [2.05, 4.69) is 39.4 Å². The molecule has 0 amide bonds. The van der Waals surface area contributed by atoms with Gasteiger partial charge >= 0.3 is 0 Å². The van der Waals surface area contributed by atoms with Crippen LogP contribution in [0.5, 0.6) is 0 Å². The van der Waals surface area contributed by atoms with Crippen molar-refractivity contribution in [3.63, 3.8) is 0 Å². The van der Waals surface area contributed by atoms with Gasteiger partial charge in [-0.05, 0) is 121 Å². The molecule has 0 radical (unpaired) electrons. The minimum atomic E-state index is -0.450. The quantitative estimate of drug-likeness (QED) is 0.242. The van der Waals surface area contributed by atoms with Gasteiger partial charge in [0.2, 0.25) is 0 Å². The van der Waals surface area contributed by atoms with Crippen LogP contribution < -0.4 is 0 Å². The lowest BCUT2D eigenvalue weighted by Crippen LogP contribution is -2.67. The molecule has 0 unspecified atom stereocenters. The standard InChI is InChI=1S/C30H49NO4/c1-19(16-32)20-8-13-30(18-34)15-14-28(4)21(25(20)30)6-7-23-26(2)11-10-24(31-35)27(3,17-33)22(26)9-12-29(23,28)5/h20-23,25,32-35H,1,6-18H2,2-5H3/b31-24-/t20-,21+,22+,23+,25+,26-,27+,28+,29+,30+/m0/s1. The molecule has 0 heterocycles. The molecule has 0 spiro atoms. The first kappa shape index (κ1) is 25.7. The van der Waals surface area contributed by atoms with Gasteiger partial charge in [-0.1, -0.05) is 39.4 Å². The Balaban J connectivity index is 1.55. The van der Waals surface area contributed by atoms with Crippen molar-refractivity contribution in [3.8, 4) is 0 Å². The maximum atomic E-state index is 10.7. The molecule has 0 bridgehead atoms. The molecule has 5 nitrogen and oxygen atoms in total. The zero-order valence-corrected chi connectivity index (χ0v) is 22.5. The van der Waals surface area contributed by atoms with Crippen LogP contribution in [-0.4, -0.2) is 46.1 Å². The summed E-state index contributed by atoms with van der Waals surface area (Å²) in [7, 11) is 0. The smallest absolute Gasteiger partial charge is 0.0655 e. The predicted octanol–water partition coefficient (Wildman–Crippen LogP) is 5.41. The van der Waals surface area contributed by atoms with Gasteiger partial charge in [-0.2, -0.15) is 0 Å². The topological polar surface area (TPSA) is 93.3 Å². The highest BCUT2D eigenvalue weighted by Crippen LogP contribution is 2.77. The van der Waals surface area contributed by atoms with E-state index in [9.17, 15) is 20.5 Å². The lowest BCUT2D eigenvalue weighted by molar-refractivity contribution is -0.233. The largest absolute Gasteiger partial charge is 0.411 e. The van der Waals surface area contributed by atoms with Crippen molar-refractivity contribution in [1.29, 1.82) is 0 Å². The molecule has 5 aliphatic carbocycles. The summed E-state index contributed by atoms with van der Waals surface area (Å²) in [6, 6.07) is 0. The average Bonchev–Trinajstić information content (AvgIpc) is 3.24. The summed E-state index contributed by atoms with van der Waals surface area (Å²) in [5, 5.41) is 44.7. The van der Waals surface area contributed by atoms with Crippen LogP contribution in [0.3, 0.4) is 0 Å². The highest BCUT2D eigenvalue weighted by Gasteiger charge is 2.71. The Morgan fingerprint density at radius 2 is 1.60 bits per heavy atom. The molecule has 4 N–H and O–H groups in total. The molecule has 5 aliphatic rings. The van der Waals surface area contributed by atoms with Crippen LogP contribution in [0.15, 0.2) is 17.3 Å². The molecule has 0 aromatic carbocycles. The van der Waals surface area contributed by atoms with Crippen molar-refractivity contribution in [3.05, 3.63) is 12.2 Å². The van der Waals surface area contributed by atoms with E-state index in [0.29, 0.717) is 29.6 Å². The number of fused-ring (bicyclic) bond motifs is 7. The molecule has 0 saturated heterocycles. The predicted molar refractivity (Wildman–Crippen MR) is 138 cm³/mol. The van der Waals surface area contributed by atoms with Crippen LogP contribution in [0, 0.1) is 56.7 Å². The Hall–Kier alpha value is -0.910. The van der Waals surface area contributed by atoms with Gasteiger partial charge < -0.3 is 20.5 Å². The Morgan fingerprint density at radius 1 is 0.857 bits per heavy atom. The van der Waals surface area contributed by atoms with Crippen molar-refractivity contribution in [2.45, 2.75) is 91.9 Å². The van der Waals surface area contributed by atoms with Crippen molar-refractivity contribution < 1.29 is 20.5 Å². The molecular weight excluding hydrogens is 438 g/mol. The van der Waals surface area contributed by atoms with E-state index in [1.807, 2.05) is 0 Å². The first-order chi connectivity index (χ1) is 16.5. The maximum absolute atomic E-state index is 10.7. The molecule has 5 heteroatoms. The van der Waals surface area contributed by atoms with E-state index in [1.54, 1.807) is 0 Å². The fraction of sp³-hybridized carbons (Fsp3) is 0.900. The fourth-order valence-corrected chi connectivity index (χ4v) is 11.6. The van der Waals surface area contributed by atoms with Gasteiger partial charge in [0, 0.05) is 12.0 Å². The molecule has 5 saturated carbocycles. The highest BCUT2D eigenvalue weighted by molar-refractivity contribution is 5.91. The summed E-state index contributed by atoms with van der Waals surface area (Å²) >= 11 is 0. The number of rotatable bonds is 4. The summed E-state index contributed by atoms with van der Waals surface area (Å²) in [6.07, 6.45) is 10.7. The minimum absolute atomic E-state index is 0.00988. The van der Waals surface area contributed by atoms with Gasteiger partial charge in [0.05, 0.1) is 18.9 Å². The Labute approximate surface area is 212 Å². The highest BCUT2D eigenvalue weighted by atomic mass is 16.4. The Morgan fingerprint density at radius 3 is 2.23 bits per heavy atom. The van der Waals surface area contributed by atoms with E-state index in [1.165, 1.54) is 19.3 Å². The van der Waals surface area contributed by atoms with E-state index < -0.39 is 5.41 Å². The summed E-state index contributed by atoms with van der Waals surface area (Å²) in [6.45, 7) is 14.4. The molecule has 5 fully saturated rings. The van der Waals surface area contributed by atoms with Gasteiger partial charge in [-0.3, -0.25) is 0 Å². The third-order valence-corrected chi connectivity index (χ3v) is 13.7. The van der Waals surface area contributed by atoms with Crippen molar-refractivity contribution in [2.24, 2.45) is 61.8 Å². The molecule has 198 valence electrons. The molecule has 0 aliphatic heterocycles. The lowest BCUT2D eigenvalue weighted by atomic mass is 9.32. The lowest BCUT2D eigenvalue weighted by Gasteiger charge is -2.72. The summed E-state index contributed by atoms with van der Waals surface area (Å²) in [4.78, 5) is 0. The van der Waals surface area contributed by atoms with Crippen LogP contribution in [0.1, 0.15) is 91.9 Å². The van der Waals surface area contributed by atoms with Crippen LogP contribution >= 0.6 is 0 Å². The maximum Gasteiger partial charge on any atom is 0.0655 e. The van der Waals surface area contributed by atoms with Crippen LogP contribution in [0.4, 0.5) is 0 Å². The summed E-state index contributed by atoms with van der Waals surface area (Å²) in [5.74, 6) is 2.17. The fourth-order valence-electron chi connectivity index (χ4n) is 11.6. The van der Waals surface area contributed by atoms with Crippen molar-refractivity contribution in [2.75, 3.05) is 19.8 Å². The monoisotopic (exact) mass is 487 g/mol. The third kappa shape index (κ3) is 3.07. The van der Waals surface area contributed by atoms with Gasteiger partial charge in [0.1, 0.15) is 0 Å². The summed E-state index contributed by atoms with van der Waals surface area (Å²) in [5.41, 5.74) is 1.79. The van der Waals surface area contributed by atoms with Crippen molar-refractivity contribution in [1.82, 2.24) is 0 Å². The molecule has 35 heavy (non-hydrogen) atoms. The van der Waals surface area contributed by atoms with E-state index in [0.717, 1.165) is 56.2 Å². The van der Waals surface area contributed by atoms with E-state index in [4.69, 9.17) is 0 Å². The second-order valence-electron chi connectivity index (χ2n) is 14.3. The Kier molecular flexibility index (Phi) is 6.10. The van der Waals surface area contributed by atoms with Gasteiger partial charge in [-0.25, -0.2) is 0 Å². The normalized spacial score (nSPS) is 54.5. The third-order valence-electron chi connectivity index (χ3n) is 13.7. The first-order valence-corrected chi connectivity index (χ1v) is 14.2. The number of aliphatic hydroxyl groups excluding tert-OH is 3. The second kappa shape index (κ2) is 8.30. The molecule has 0 aromatic rings. The number of hydrogen-bond acceptors (Lipinski definition) is 5. The summed E-state index contributed by atoms with van der Waals surface area (Å²) < 4.78 is 0. The first-order valence-electron chi connectivity index (χ1n) is 14.2. The zero-order valence-electron chi connectivity index (χ0n) is 22.5. The number of oxime groups is 1. The second-order valence-corrected chi connectivity index (χ2v) is 14.3. The number of hydrogen-bond donors (Lipinski definition) is 4. The minimum Gasteiger partial charge on any atom is -0.411 e. The van der Waals surface area contributed by atoms with E-state index in [-0.39, 0.29) is 41.5 Å². The van der Waals surface area contributed by atoms with Crippen molar-refractivity contribution >= 4 is 5.71 Å².